The lowest BCUT2D eigenvalue weighted by atomic mass is 9.87. The summed E-state index contributed by atoms with van der Waals surface area (Å²) in [4.78, 5) is 31.5. The first kappa shape index (κ1) is 25.6. The van der Waals surface area contributed by atoms with Crippen molar-refractivity contribution in [3.63, 3.8) is 0 Å². The number of ketones is 1. The summed E-state index contributed by atoms with van der Waals surface area (Å²) in [6, 6.07) is 25.2. The molecular weight excluding hydrogens is 464 g/mol. The van der Waals surface area contributed by atoms with Crippen molar-refractivity contribution in [1.82, 2.24) is 4.98 Å². The highest BCUT2D eigenvalue weighted by Crippen LogP contribution is 2.30. The minimum absolute atomic E-state index is 0.0749. The molecule has 4 aromatic rings. The van der Waals surface area contributed by atoms with E-state index in [0.29, 0.717) is 5.75 Å². The monoisotopic (exact) mass is 494 g/mol. The number of ether oxygens (including phenoxy) is 1. The third-order valence-corrected chi connectivity index (χ3v) is 6.10. The first-order chi connectivity index (χ1) is 17.7. The molecule has 4 rings (SSSR count). The summed E-state index contributed by atoms with van der Waals surface area (Å²) < 4.78 is 5.72. The van der Waals surface area contributed by atoms with Crippen molar-refractivity contribution < 1.29 is 19.4 Å². The van der Waals surface area contributed by atoms with Gasteiger partial charge in [-0.05, 0) is 72.5 Å². The molecule has 6 nitrogen and oxygen atoms in total. The fourth-order valence-electron chi connectivity index (χ4n) is 4.03. The molecule has 0 aliphatic heterocycles. The lowest BCUT2D eigenvalue weighted by Gasteiger charge is -2.25. The smallest absolute Gasteiger partial charge is 0.339 e. The Morgan fingerprint density at radius 3 is 2.14 bits per heavy atom. The van der Waals surface area contributed by atoms with Crippen LogP contribution in [0, 0.1) is 0 Å². The summed E-state index contributed by atoms with van der Waals surface area (Å²) in [5, 5.41) is 9.70. The Balaban J connectivity index is 1.56. The quantitative estimate of drug-likeness (QED) is 0.260. The van der Waals surface area contributed by atoms with Crippen LogP contribution in [0.5, 0.6) is 11.5 Å². The molecule has 0 atom stereocenters. The highest BCUT2D eigenvalue weighted by atomic mass is 16.5. The second-order valence-electron chi connectivity index (χ2n) is 9.70. The molecule has 1 N–H and O–H groups in total. The lowest BCUT2D eigenvalue weighted by Crippen LogP contribution is -2.17. The van der Waals surface area contributed by atoms with Crippen molar-refractivity contribution in [2.45, 2.75) is 33.1 Å². The maximum absolute atomic E-state index is 13.1. The van der Waals surface area contributed by atoms with Crippen molar-refractivity contribution >= 4 is 23.1 Å². The van der Waals surface area contributed by atoms with Crippen LogP contribution in [0.25, 0.3) is 0 Å². The standard InChI is InChI=1S/C31H30N2O4/c1-5-33(23-14-12-22(13-15-23)31(2,3)4)24-16-17-27(32-20-24)29(34)21-11-18-28(26(19-21)30(35)36)37-25-9-7-6-8-10-25/h6-20H,5H2,1-4H3,(H,35,36). The van der Waals surface area contributed by atoms with E-state index in [1.807, 2.05) is 12.1 Å². The van der Waals surface area contributed by atoms with Crippen LogP contribution in [-0.2, 0) is 5.41 Å². The van der Waals surface area contributed by atoms with Crippen molar-refractivity contribution in [2.75, 3.05) is 11.4 Å². The molecule has 0 bridgehead atoms. The van der Waals surface area contributed by atoms with E-state index in [-0.39, 0.29) is 33.8 Å². The Bertz CT molecular complexity index is 1390. The van der Waals surface area contributed by atoms with Gasteiger partial charge in [0.2, 0.25) is 5.78 Å². The van der Waals surface area contributed by atoms with Crippen molar-refractivity contribution in [1.29, 1.82) is 0 Å². The Kier molecular flexibility index (Phi) is 7.39. The Morgan fingerprint density at radius 2 is 1.57 bits per heavy atom. The number of carbonyl (C=O) groups excluding carboxylic acids is 1. The Hall–Kier alpha value is -4.45. The van der Waals surface area contributed by atoms with E-state index in [1.54, 1.807) is 42.6 Å². The summed E-state index contributed by atoms with van der Waals surface area (Å²) in [5.74, 6) is -0.873. The number of carboxylic acids is 1. The SMILES string of the molecule is CCN(c1ccc(C(C)(C)C)cc1)c1ccc(C(=O)c2ccc(Oc3ccccc3)c(C(=O)O)c2)nc1. The van der Waals surface area contributed by atoms with E-state index in [2.05, 4.69) is 61.8 Å². The van der Waals surface area contributed by atoms with Gasteiger partial charge in [-0.3, -0.25) is 9.78 Å². The normalized spacial score (nSPS) is 11.1. The number of benzene rings is 3. The zero-order chi connectivity index (χ0) is 26.6. The highest BCUT2D eigenvalue weighted by Gasteiger charge is 2.19. The molecule has 0 radical (unpaired) electrons. The fraction of sp³-hybridized carbons (Fsp3) is 0.194. The molecule has 3 aromatic carbocycles. The molecule has 0 aliphatic rings. The Morgan fingerprint density at radius 1 is 0.892 bits per heavy atom. The van der Waals surface area contributed by atoms with Crippen LogP contribution in [0.2, 0.25) is 0 Å². The molecule has 37 heavy (non-hydrogen) atoms. The van der Waals surface area contributed by atoms with E-state index in [1.165, 1.54) is 17.7 Å². The molecule has 0 unspecified atom stereocenters. The maximum Gasteiger partial charge on any atom is 0.339 e. The van der Waals surface area contributed by atoms with Gasteiger partial charge < -0.3 is 14.7 Å². The zero-order valence-electron chi connectivity index (χ0n) is 21.4. The molecule has 1 heterocycles. The highest BCUT2D eigenvalue weighted by molar-refractivity contribution is 6.09. The number of hydrogen-bond acceptors (Lipinski definition) is 5. The minimum Gasteiger partial charge on any atom is -0.478 e. The largest absolute Gasteiger partial charge is 0.478 e. The first-order valence-corrected chi connectivity index (χ1v) is 12.2. The van der Waals surface area contributed by atoms with Crippen molar-refractivity contribution in [2.24, 2.45) is 0 Å². The van der Waals surface area contributed by atoms with Gasteiger partial charge >= 0.3 is 5.97 Å². The minimum atomic E-state index is -1.18. The van der Waals surface area contributed by atoms with Gasteiger partial charge in [-0.25, -0.2) is 4.79 Å². The van der Waals surface area contributed by atoms with Crippen LogP contribution in [0.3, 0.4) is 0 Å². The van der Waals surface area contributed by atoms with Crippen molar-refractivity contribution in [3.05, 3.63) is 114 Å². The second kappa shape index (κ2) is 10.7. The lowest BCUT2D eigenvalue weighted by molar-refractivity contribution is 0.0694. The fourth-order valence-corrected chi connectivity index (χ4v) is 4.03. The van der Waals surface area contributed by atoms with E-state index in [9.17, 15) is 14.7 Å². The number of pyridine rings is 1. The number of para-hydroxylation sites is 1. The van der Waals surface area contributed by atoms with Gasteiger partial charge in [0.1, 0.15) is 22.8 Å². The predicted octanol–water partition coefficient (Wildman–Crippen LogP) is 7.26. The number of aromatic carboxylic acids is 1. The topological polar surface area (TPSA) is 79.7 Å². The molecule has 0 amide bonds. The number of carboxylic acid groups (broad SMARTS) is 1. The zero-order valence-corrected chi connectivity index (χ0v) is 21.4. The van der Waals surface area contributed by atoms with Gasteiger partial charge in [-0.1, -0.05) is 51.1 Å². The van der Waals surface area contributed by atoms with E-state index >= 15 is 0 Å². The summed E-state index contributed by atoms with van der Waals surface area (Å²) >= 11 is 0. The molecule has 0 fully saturated rings. The van der Waals surface area contributed by atoms with Crippen LogP contribution in [0.4, 0.5) is 11.4 Å². The first-order valence-electron chi connectivity index (χ1n) is 12.2. The number of carbonyl (C=O) groups is 2. The molecule has 1 aromatic heterocycles. The third-order valence-electron chi connectivity index (χ3n) is 6.10. The van der Waals surface area contributed by atoms with Crippen LogP contribution in [-0.4, -0.2) is 28.4 Å². The summed E-state index contributed by atoms with van der Waals surface area (Å²) in [6.45, 7) is 9.34. The molecule has 0 saturated heterocycles. The number of rotatable bonds is 8. The molecule has 0 spiro atoms. The predicted molar refractivity (Wildman–Crippen MR) is 145 cm³/mol. The van der Waals surface area contributed by atoms with Gasteiger partial charge in [0.25, 0.3) is 0 Å². The van der Waals surface area contributed by atoms with Gasteiger partial charge in [0, 0.05) is 17.8 Å². The van der Waals surface area contributed by atoms with E-state index in [4.69, 9.17) is 4.74 Å². The van der Waals surface area contributed by atoms with Gasteiger partial charge in [0.15, 0.2) is 0 Å². The number of aromatic nitrogens is 1. The maximum atomic E-state index is 13.1. The summed E-state index contributed by atoms with van der Waals surface area (Å²) in [5.41, 5.74) is 3.59. The van der Waals surface area contributed by atoms with Crippen LogP contribution in [0.15, 0.2) is 91.1 Å². The molecule has 188 valence electrons. The molecular formula is C31H30N2O4. The van der Waals surface area contributed by atoms with Gasteiger partial charge in [-0.2, -0.15) is 0 Å². The van der Waals surface area contributed by atoms with E-state index < -0.39 is 5.97 Å². The Labute approximate surface area is 217 Å². The average Bonchev–Trinajstić information content (AvgIpc) is 2.89. The number of nitrogens with zero attached hydrogens (tertiary/aromatic N) is 2. The van der Waals surface area contributed by atoms with Crippen LogP contribution in [0.1, 0.15) is 59.7 Å². The average molecular weight is 495 g/mol. The third kappa shape index (κ3) is 5.86. The van der Waals surface area contributed by atoms with Gasteiger partial charge in [0.05, 0.1) is 11.9 Å². The molecule has 0 saturated carbocycles. The number of hydrogen-bond donors (Lipinski definition) is 1. The number of anilines is 2. The summed E-state index contributed by atoms with van der Waals surface area (Å²) in [6.07, 6.45) is 1.67. The van der Waals surface area contributed by atoms with Crippen molar-refractivity contribution in [3.8, 4) is 11.5 Å². The second-order valence-corrected chi connectivity index (χ2v) is 9.70. The van der Waals surface area contributed by atoms with Gasteiger partial charge in [-0.15, -0.1) is 0 Å². The molecule has 0 aliphatic carbocycles. The molecule has 6 heteroatoms. The summed E-state index contributed by atoms with van der Waals surface area (Å²) in [7, 11) is 0. The van der Waals surface area contributed by atoms with Crippen LogP contribution >= 0.6 is 0 Å². The van der Waals surface area contributed by atoms with E-state index in [0.717, 1.165) is 17.9 Å². The van der Waals surface area contributed by atoms with Crippen LogP contribution < -0.4 is 9.64 Å².